The van der Waals surface area contributed by atoms with E-state index in [-0.39, 0.29) is 5.91 Å². The molecule has 0 fully saturated rings. The van der Waals surface area contributed by atoms with Gasteiger partial charge in [-0.25, -0.2) is 4.98 Å². The summed E-state index contributed by atoms with van der Waals surface area (Å²) in [4.78, 5) is 15.8. The van der Waals surface area contributed by atoms with Crippen LogP contribution in [0.25, 0.3) is 0 Å². The fourth-order valence-electron chi connectivity index (χ4n) is 1.42. The molecule has 106 valence electrons. The number of carbonyl (C=O) groups excluding carboxylic acids is 1. The molecule has 0 aliphatic heterocycles. The Labute approximate surface area is 114 Å². The second-order valence-electron chi connectivity index (χ2n) is 4.79. The Morgan fingerprint density at radius 2 is 2.16 bits per heavy atom. The molecule has 1 aromatic heterocycles. The van der Waals surface area contributed by atoms with Crippen molar-refractivity contribution >= 4 is 5.91 Å². The summed E-state index contributed by atoms with van der Waals surface area (Å²) in [7, 11) is 1.56. The van der Waals surface area contributed by atoms with Crippen molar-refractivity contribution < 1.29 is 14.3 Å². The van der Waals surface area contributed by atoms with E-state index in [9.17, 15) is 4.79 Å². The van der Waals surface area contributed by atoms with Gasteiger partial charge in [-0.3, -0.25) is 4.79 Å². The first-order valence-corrected chi connectivity index (χ1v) is 6.41. The van der Waals surface area contributed by atoms with E-state index >= 15 is 0 Å². The Balaban J connectivity index is 2.40. The highest BCUT2D eigenvalue weighted by Crippen LogP contribution is 2.08. The molecule has 1 atom stereocenters. The molecule has 0 spiro atoms. The summed E-state index contributed by atoms with van der Waals surface area (Å²) in [6.07, 6.45) is 1.21. The van der Waals surface area contributed by atoms with Gasteiger partial charge < -0.3 is 14.8 Å². The molecule has 1 unspecified atom stereocenters. The van der Waals surface area contributed by atoms with Gasteiger partial charge in [0.1, 0.15) is 6.10 Å². The Bertz CT molecular complexity index is 407. The molecule has 5 heteroatoms. The number of methoxy groups -OCH3 is 1. The molecule has 0 aliphatic carbocycles. The van der Waals surface area contributed by atoms with Gasteiger partial charge in [0.05, 0.1) is 7.11 Å². The molecule has 0 bridgehead atoms. The number of rotatable bonds is 7. The second-order valence-corrected chi connectivity index (χ2v) is 4.79. The SMILES string of the molecule is COc1cc(CNC(=O)C(C)OCC(C)C)ccn1. The maximum Gasteiger partial charge on any atom is 0.249 e. The second kappa shape index (κ2) is 7.74. The smallest absolute Gasteiger partial charge is 0.249 e. The van der Waals surface area contributed by atoms with Crippen LogP contribution < -0.4 is 10.1 Å². The Morgan fingerprint density at radius 1 is 1.42 bits per heavy atom. The number of aromatic nitrogens is 1. The van der Waals surface area contributed by atoms with E-state index in [0.29, 0.717) is 24.9 Å². The number of amides is 1. The van der Waals surface area contributed by atoms with Crippen molar-refractivity contribution in [3.63, 3.8) is 0 Å². The maximum atomic E-state index is 11.8. The fourth-order valence-corrected chi connectivity index (χ4v) is 1.42. The summed E-state index contributed by atoms with van der Waals surface area (Å²) in [6.45, 7) is 6.87. The van der Waals surface area contributed by atoms with E-state index in [4.69, 9.17) is 9.47 Å². The van der Waals surface area contributed by atoms with Gasteiger partial charge in [0.15, 0.2) is 0 Å². The van der Waals surface area contributed by atoms with Crippen molar-refractivity contribution in [1.82, 2.24) is 10.3 Å². The number of nitrogens with zero attached hydrogens (tertiary/aromatic N) is 1. The Morgan fingerprint density at radius 3 is 2.79 bits per heavy atom. The number of pyridine rings is 1. The minimum atomic E-state index is -0.439. The quantitative estimate of drug-likeness (QED) is 0.817. The lowest BCUT2D eigenvalue weighted by molar-refractivity contribution is -0.132. The molecule has 1 N–H and O–H groups in total. The van der Waals surface area contributed by atoms with Gasteiger partial charge in [-0.05, 0) is 24.5 Å². The monoisotopic (exact) mass is 266 g/mol. The van der Waals surface area contributed by atoms with Crippen LogP contribution in [0.3, 0.4) is 0 Å². The number of hydrogen-bond donors (Lipinski definition) is 1. The van der Waals surface area contributed by atoms with Gasteiger partial charge in [-0.1, -0.05) is 13.8 Å². The third-order valence-corrected chi connectivity index (χ3v) is 2.52. The zero-order chi connectivity index (χ0) is 14.3. The lowest BCUT2D eigenvalue weighted by Gasteiger charge is -2.14. The van der Waals surface area contributed by atoms with E-state index in [1.807, 2.05) is 19.9 Å². The van der Waals surface area contributed by atoms with Crippen LogP contribution in [0.4, 0.5) is 0 Å². The van der Waals surface area contributed by atoms with Crippen LogP contribution >= 0.6 is 0 Å². The molecule has 0 radical (unpaired) electrons. The lowest BCUT2D eigenvalue weighted by atomic mass is 10.2. The zero-order valence-corrected chi connectivity index (χ0v) is 12.0. The van der Waals surface area contributed by atoms with Crippen LogP contribution in [0.5, 0.6) is 5.88 Å². The number of carbonyl (C=O) groups is 1. The van der Waals surface area contributed by atoms with Crippen molar-refractivity contribution in [2.45, 2.75) is 33.4 Å². The summed E-state index contributed by atoms with van der Waals surface area (Å²) >= 11 is 0. The molecule has 0 aliphatic rings. The highest BCUT2D eigenvalue weighted by Gasteiger charge is 2.13. The summed E-state index contributed by atoms with van der Waals surface area (Å²) in [5, 5.41) is 2.83. The van der Waals surface area contributed by atoms with Crippen LogP contribution in [-0.4, -0.2) is 30.7 Å². The topological polar surface area (TPSA) is 60.5 Å². The molecule has 0 saturated heterocycles. The minimum Gasteiger partial charge on any atom is -0.481 e. The molecule has 1 aromatic rings. The molecule has 5 nitrogen and oxygen atoms in total. The van der Waals surface area contributed by atoms with Gasteiger partial charge >= 0.3 is 0 Å². The van der Waals surface area contributed by atoms with Gasteiger partial charge in [-0.2, -0.15) is 0 Å². The standard InChI is InChI=1S/C14H22N2O3/c1-10(2)9-19-11(3)14(17)16-8-12-5-6-15-13(7-12)18-4/h5-7,10-11H,8-9H2,1-4H3,(H,16,17). The minimum absolute atomic E-state index is 0.114. The predicted molar refractivity (Wildman–Crippen MR) is 72.9 cm³/mol. The highest BCUT2D eigenvalue weighted by molar-refractivity contribution is 5.80. The van der Waals surface area contributed by atoms with Crippen molar-refractivity contribution in [2.24, 2.45) is 5.92 Å². The number of nitrogens with one attached hydrogen (secondary N) is 1. The molecule has 0 aromatic carbocycles. The van der Waals surface area contributed by atoms with Gasteiger partial charge in [0, 0.05) is 25.4 Å². The summed E-state index contributed by atoms with van der Waals surface area (Å²) in [5.41, 5.74) is 0.941. The predicted octanol–water partition coefficient (Wildman–Crippen LogP) is 1.77. The molecule has 1 heterocycles. The lowest BCUT2D eigenvalue weighted by Crippen LogP contribution is -2.34. The first kappa shape index (κ1) is 15.4. The van der Waals surface area contributed by atoms with Gasteiger partial charge in [0.2, 0.25) is 11.8 Å². The molecule has 19 heavy (non-hydrogen) atoms. The average molecular weight is 266 g/mol. The van der Waals surface area contributed by atoms with Crippen LogP contribution in [0.15, 0.2) is 18.3 Å². The maximum absolute atomic E-state index is 11.8. The van der Waals surface area contributed by atoms with E-state index in [2.05, 4.69) is 10.3 Å². The van der Waals surface area contributed by atoms with Gasteiger partial charge in [0.25, 0.3) is 0 Å². The average Bonchev–Trinajstić information content (AvgIpc) is 2.42. The van der Waals surface area contributed by atoms with Gasteiger partial charge in [-0.15, -0.1) is 0 Å². The Hall–Kier alpha value is -1.62. The zero-order valence-electron chi connectivity index (χ0n) is 12.0. The first-order chi connectivity index (χ1) is 9.02. The van der Waals surface area contributed by atoms with E-state index in [1.165, 1.54) is 0 Å². The summed E-state index contributed by atoms with van der Waals surface area (Å²) < 4.78 is 10.5. The molecular formula is C14H22N2O3. The molecule has 0 saturated carbocycles. The van der Waals surface area contributed by atoms with Crippen LogP contribution in [0.2, 0.25) is 0 Å². The fraction of sp³-hybridized carbons (Fsp3) is 0.571. The van der Waals surface area contributed by atoms with Crippen molar-refractivity contribution in [2.75, 3.05) is 13.7 Å². The van der Waals surface area contributed by atoms with E-state index in [0.717, 1.165) is 5.56 Å². The van der Waals surface area contributed by atoms with E-state index in [1.54, 1.807) is 26.3 Å². The normalized spacial score (nSPS) is 12.3. The van der Waals surface area contributed by atoms with Crippen LogP contribution in [-0.2, 0) is 16.1 Å². The highest BCUT2D eigenvalue weighted by atomic mass is 16.5. The van der Waals surface area contributed by atoms with E-state index < -0.39 is 6.10 Å². The number of ether oxygens (including phenoxy) is 2. The summed E-state index contributed by atoms with van der Waals surface area (Å²) in [6, 6.07) is 3.63. The number of hydrogen-bond acceptors (Lipinski definition) is 4. The van der Waals surface area contributed by atoms with Crippen molar-refractivity contribution in [3.8, 4) is 5.88 Å². The third kappa shape index (κ3) is 5.70. The van der Waals surface area contributed by atoms with Crippen LogP contribution in [0, 0.1) is 5.92 Å². The summed E-state index contributed by atoms with van der Waals surface area (Å²) in [5.74, 6) is 0.840. The van der Waals surface area contributed by atoms with Crippen molar-refractivity contribution in [1.29, 1.82) is 0 Å². The first-order valence-electron chi connectivity index (χ1n) is 6.41. The molecular weight excluding hydrogens is 244 g/mol. The van der Waals surface area contributed by atoms with Crippen LogP contribution in [0.1, 0.15) is 26.3 Å². The molecule has 1 rings (SSSR count). The van der Waals surface area contributed by atoms with Crippen molar-refractivity contribution in [3.05, 3.63) is 23.9 Å². The largest absolute Gasteiger partial charge is 0.481 e. The Kier molecular flexibility index (Phi) is 6.29. The molecule has 1 amide bonds. The third-order valence-electron chi connectivity index (χ3n) is 2.52.